The van der Waals surface area contributed by atoms with Crippen LogP contribution in [0.1, 0.15) is 16.0 Å². The molecule has 0 fully saturated rings. The molecule has 2 nitrogen and oxygen atoms in total. The third-order valence-corrected chi connectivity index (χ3v) is 3.66. The Hall–Kier alpha value is -1.87. The Balaban J connectivity index is 1.78. The molecule has 19 heavy (non-hydrogen) atoms. The Labute approximate surface area is 117 Å². The molecule has 0 radical (unpaired) electrons. The lowest BCUT2D eigenvalue weighted by molar-refractivity contribution is -0.116. The first-order chi connectivity index (χ1) is 9.24. The maximum absolute atomic E-state index is 11.6. The Bertz CT molecular complexity index is 558. The van der Waals surface area contributed by atoms with Crippen molar-refractivity contribution in [1.29, 1.82) is 0 Å². The lowest BCUT2D eigenvalue weighted by atomic mass is 10.1. The second kappa shape index (κ2) is 6.90. The van der Waals surface area contributed by atoms with Gasteiger partial charge in [0, 0.05) is 17.5 Å². The zero-order valence-electron chi connectivity index (χ0n) is 10.9. The number of nitrogens with one attached hydrogen (secondary N) is 1. The third-order valence-electron chi connectivity index (χ3n) is 2.72. The molecule has 0 aliphatic carbocycles. The van der Waals surface area contributed by atoms with Crippen molar-refractivity contribution >= 4 is 23.3 Å². The molecular weight excluding hydrogens is 254 g/mol. The summed E-state index contributed by atoms with van der Waals surface area (Å²) in [6, 6.07) is 12.2. The van der Waals surface area contributed by atoms with Gasteiger partial charge in [0.25, 0.3) is 0 Å². The molecule has 1 N–H and O–H groups in total. The smallest absolute Gasteiger partial charge is 0.244 e. The lowest BCUT2D eigenvalue weighted by Crippen LogP contribution is -2.23. The summed E-state index contributed by atoms with van der Waals surface area (Å²) in [7, 11) is 0. The van der Waals surface area contributed by atoms with Gasteiger partial charge in [0.1, 0.15) is 0 Å². The molecule has 0 spiro atoms. The van der Waals surface area contributed by atoms with Crippen LogP contribution in [0, 0.1) is 6.92 Å². The van der Waals surface area contributed by atoms with Crippen molar-refractivity contribution in [2.24, 2.45) is 0 Å². The van der Waals surface area contributed by atoms with Crippen molar-refractivity contribution < 1.29 is 4.79 Å². The summed E-state index contributed by atoms with van der Waals surface area (Å²) in [6.45, 7) is 2.72. The monoisotopic (exact) mass is 271 g/mol. The zero-order valence-corrected chi connectivity index (χ0v) is 11.7. The van der Waals surface area contributed by atoms with Gasteiger partial charge in [-0.15, -0.1) is 11.3 Å². The van der Waals surface area contributed by atoms with Gasteiger partial charge in [0.2, 0.25) is 5.91 Å². The number of carbonyl (C=O) groups excluding carboxylic acids is 1. The molecular formula is C16H17NOS. The molecule has 0 bridgehead atoms. The molecule has 2 aromatic rings. The van der Waals surface area contributed by atoms with Crippen LogP contribution >= 0.6 is 11.3 Å². The Morgan fingerprint density at radius 2 is 2.21 bits per heavy atom. The van der Waals surface area contributed by atoms with E-state index in [2.05, 4.69) is 22.8 Å². The van der Waals surface area contributed by atoms with E-state index in [0.29, 0.717) is 6.54 Å². The summed E-state index contributed by atoms with van der Waals surface area (Å²) in [5.41, 5.74) is 2.24. The predicted octanol–water partition coefficient (Wildman–Crippen LogP) is 3.43. The molecule has 0 unspecified atom stereocenters. The first kappa shape index (κ1) is 13.6. The fraction of sp³-hybridized carbons (Fsp3) is 0.188. The van der Waals surface area contributed by atoms with Gasteiger partial charge in [0.15, 0.2) is 0 Å². The minimum atomic E-state index is -0.0435. The van der Waals surface area contributed by atoms with E-state index < -0.39 is 0 Å². The van der Waals surface area contributed by atoms with E-state index in [0.717, 1.165) is 12.0 Å². The highest BCUT2D eigenvalue weighted by Gasteiger charge is 1.97. The molecule has 0 saturated carbocycles. The zero-order chi connectivity index (χ0) is 13.5. The van der Waals surface area contributed by atoms with Gasteiger partial charge in [-0.3, -0.25) is 4.79 Å². The quantitative estimate of drug-likeness (QED) is 0.829. The second-order valence-corrected chi connectivity index (χ2v) is 5.40. The highest BCUT2D eigenvalue weighted by Crippen LogP contribution is 2.08. The lowest BCUT2D eigenvalue weighted by Gasteiger charge is -2.00. The van der Waals surface area contributed by atoms with Gasteiger partial charge in [-0.2, -0.15) is 0 Å². The summed E-state index contributed by atoms with van der Waals surface area (Å²) in [6.07, 6.45) is 4.32. The number of amides is 1. The number of rotatable bonds is 5. The van der Waals surface area contributed by atoms with Crippen molar-refractivity contribution in [2.45, 2.75) is 13.3 Å². The fourth-order valence-electron chi connectivity index (χ4n) is 1.77. The number of benzene rings is 1. The van der Waals surface area contributed by atoms with Gasteiger partial charge in [-0.25, -0.2) is 0 Å². The van der Waals surface area contributed by atoms with E-state index in [4.69, 9.17) is 0 Å². The molecule has 98 valence electrons. The van der Waals surface area contributed by atoms with Crippen molar-refractivity contribution in [2.75, 3.05) is 6.54 Å². The summed E-state index contributed by atoms with van der Waals surface area (Å²) in [5, 5.41) is 4.94. The minimum absolute atomic E-state index is 0.0435. The van der Waals surface area contributed by atoms with Crippen LogP contribution in [0.15, 0.2) is 47.9 Å². The maximum Gasteiger partial charge on any atom is 0.244 e. The van der Waals surface area contributed by atoms with Crippen LogP contribution in [0.5, 0.6) is 0 Å². The van der Waals surface area contributed by atoms with Crippen molar-refractivity contribution in [3.63, 3.8) is 0 Å². The van der Waals surface area contributed by atoms with Gasteiger partial charge in [0.05, 0.1) is 0 Å². The number of carbonyl (C=O) groups is 1. The van der Waals surface area contributed by atoms with Gasteiger partial charge >= 0.3 is 0 Å². The molecule has 1 aromatic heterocycles. The van der Waals surface area contributed by atoms with Crippen molar-refractivity contribution in [3.05, 3.63) is 63.9 Å². The normalized spacial score (nSPS) is 10.8. The maximum atomic E-state index is 11.6. The van der Waals surface area contributed by atoms with E-state index in [1.54, 1.807) is 17.4 Å². The number of aryl methyl sites for hydroxylation is 1. The summed E-state index contributed by atoms with van der Waals surface area (Å²) < 4.78 is 0. The highest BCUT2D eigenvalue weighted by atomic mass is 32.1. The minimum Gasteiger partial charge on any atom is -0.352 e. The Kier molecular flexibility index (Phi) is 4.93. The highest BCUT2D eigenvalue weighted by molar-refractivity contribution is 7.09. The van der Waals surface area contributed by atoms with Crippen LogP contribution in [0.3, 0.4) is 0 Å². The van der Waals surface area contributed by atoms with E-state index in [-0.39, 0.29) is 5.91 Å². The van der Waals surface area contributed by atoms with Gasteiger partial charge < -0.3 is 5.32 Å². The van der Waals surface area contributed by atoms with Crippen LogP contribution in [0.4, 0.5) is 0 Å². The molecule has 2 rings (SSSR count). The average molecular weight is 271 g/mol. The molecule has 0 aliphatic rings. The van der Waals surface area contributed by atoms with Crippen LogP contribution in [-0.4, -0.2) is 12.5 Å². The summed E-state index contributed by atoms with van der Waals surface area (Å²) in [5.74, 6) is -0.0435. The van der Waals surface area contributed by atoms with Crippen LogP contribution in [0.2, 0.25) is 0 Å². The van der Waals surface area contributed by atoms with Crippen LogP contribution < -0.4 is 5.32 Å². The second-order valence-electron chi connectivity index (χ2n) is 4.37. The van der Waals surface area contributed by atoms with E-state index >= 15 is 0 Å². The van der Waals surface area contributed by atoms with Crippen molar-refractivity contribution in [3.8, 4) is 0 Å². The topological polar surface area (TPSA) is 29.1 Å². The SMILES string of the molecule is Cc1cccc(/C=C/C(=O)NCCc2cccs2)c1. The fourth-order valence-corrected chi connectivity index (χ4v) is 2.48. The third kappa shape index (κ3) is 4.72. The average Bonchev–Trinajstić information content (AvgIpc) is 2.90. The first-order valence-electron chi connectivity index (χ1n) is 6.29. The standard InChI is InChI=1S/C16H17NOS/c1-13-4-2-5-14(12-13)7-8-16(18)17-10-9-15-6-3-11-19-15/h2-8,11-12H,9-10H2,1H3,(H,17,18)/b8-7+. The van der Waals surface area contributed by atoms with Crippen LogP contribution in [-0.2, 0) is 11.2 Å². The molecule has 3 heteroatoms. The summed E-state index contributed by atoms with van der Waals surface area (Å²) in [4.78, 5) is 12.9. The number of hydrogen-bond donors (Lipinski definition) is 1. The van der Waals surface area contributed by atoms with Gasteiger partial charge in [-0.05, 0) is 36.4 Å². The van der Waals surface area contributed by atoms with Crippen LogP contribution in [0.25, 0.3) is 6.08 Å². The van der Waals surface area contributed by atoms with Crippen molar-refractivity contribution in [1.82, 2.24) is 5.32 Å². The number of thiophene rings is 1. The first-order valence-corrected chi connectivity index (χ1v) is 7.17. The molecule has 0 saturated heterocycles. The Morgan fingerprint density at radius 1 is 1.32 bits per heavy atom. The van der Waals surface area contributed by atoms with E-state index in [9.17, 15) is 4.79 Å². The van der Waals surface area contributed by atoms with Gasteiger partial charge in [-0.1, -0.05) is 35.9 Å². The molecule has 1 aromatic carbocycles. The number of hydrogen-bond acceptors (Lipinski definition) is 2. The molecule has 0 atom stereocenters. The van der Waals surface area contributed by atoms with E-state index in [1.165, 1.54) is 10.4 Å². The summed E-state index contributed by atoms with van der Waals surface area (Å²) >= 11 is 1.72. The van der Waals surface area contributed by atoms with E-state index in [1.807, 2.05) is 37.3 Å². The Morgan fingerprint density at radius 3 is 2.95 bits per heavy atom. The largest absolute Gasteiger partial charge is 0.352 e. The molecule has 0 aliphatic heterocycles. The molecule has 1 amide bonds. The predicted molar refractivity (Wildman–Crippen MR) is 81.2 cm³/mol. The molecule has 1 heterocycles.